The van der Waals surface area contributed by atoms with E-state index in [1.54, 1.807) is 0 Å². The van der Waals surface area contributed by atoms with Crippen LogP contribution < -0.4 is 5.32 Å². The average Bonchev–Trinajstić information content (AvgIpc) is 2.98. The number of fused-ring (bicyclic) bond motifs is 1. The van der Waals surface area contributed by atoms with Crippen LogP contribution in [0.3, 0.4) is 0 Å². The molecular weight excluding hydrogens is 376 g/mol. The molecule has 0 spiro atoms. The number of carbonyl (C=O) groups is 3. The Hall–Kier alpha value is -2.61. The van der Waals surface area contributed by atoms with Gasteiger partial charge < -0.3 is 10.1 Å². The molecule has 2 aromatic rings. The van der Waals surface area contributed by atoms with Crippen molar-refractivity contribution in [3.05, 3.63) is 51.4 Å². The first-order valence-corrected chi connectivity index (χ1v) is 9.26. The maximum absolute atomic E-state index is 13.7. The van der Waals surface area contributed by atoms with Crippen molar-refractivity contribution in [3.63, 3.8) is 0 Å². The highest BCUT2D eigenvalue weighted by molar-refractivity contribution is 7.17. The second-order valence-electron chi connectivity index (χ2n) is 6.22. The molecular formula is C19H17F2NO4S. The highest BCUT2D eigenvalue weighted by Crippen LogP contribution is 2.38. The second-order valence-corrected chi connectivity index (χ2v) is 7.32. The van der Waals surface area contributed by atoms with Gasteiger partial charge in [0, 0.05) is 11.8 Å². The van der Waals surface area contributed by atoms with Crippen molar-refractivity contribution in [3.8, 4) is 0 Å². The third-order valence-corrected chi connectivity index (χ3v) is 5.44. The summed E-state index contributed by atoms with van der Waals surface area (Å²) in [5.41, 5.74) is 0.596. The van der Waals surface area contributed by atoms with Gasteiger partial charge in [-0.05, 0) is 49.4 Å². The average molecular weight is 393 g/mol. The number of ether oxygens (including phenoxy) is 1. The standard InChI is InChI=1S/C19H17F2NO4S/c1-10(23)22-18-17(12-4-2-3-5-16(12)27-18)19(25)26-9-15(24)13-8-11(20)6-7-14(13)21/h6-8H,2-5,9H2,1H3,(H,22,23). The second kappa shape index (κ2) is 7.96. The van der Waals surface area contributed by atoms with Gasteiger partial charge in [-0.1, -0.05) is 0 Å². The maximum atomic E-state index is 13.7. The van der Waals surface area contributed by atoms with Crippen molar-refractivity contribution in [1.29, 1.82) is 0 Å². The number of thiophene rings is 1. The van der Waals surface area contributed by atoms with Crippen LogP contribution in [0, 0.1) is 11.6 Å². The van der Waals surface area contributed by atoms with Crippen LogP contribution in [-0.4, -0.2) is 24.3 Å². The summed E-state index contributed by atoms with van der Waals surface area (Å²) in [5, 5.41) is 3.02. The number of anilines is 1. The molecule has 142 valence electrons. The molecule has 1 aromatic heterocycles. The first-order chi connectivity index (χ1) is 12.9. The minimum absolute atomic E-state index is 0.248. The number of hydrogen-bond acceptors (Lipinski definition) is 5. The van der Waals surface area contributed by atoms with E-state index in [9.17, 15) is 23.2 Å². The number of halogens is 2. The molecule has 0 unspecified atom stereocenters. The van der Waals surface area contributed by atoms with Crippen molar-refractivity contribution in [2.45, 2.75) is 32.6 Å². The summed E-state index contributed by atoms with van der Waals surface area (Å²) < 4.78 is 32.0. The molecule has 27 heavy (non-hydrogen) atoms. The Morgan fingerprint density at radius 3 is 2.67 bits per heavy atom. The number of carbonyl (C=O) groups excluding carboxylic acids is 3. The summed E-state index contributed by atoms with van der Waals surface area (Å²) in [6.45, 7) is 0.618. The molecule has 0 radical (unpaired) electrons. The zero-order chi connectivity index (χ0) is 19.6. The molecule has 0 atom stereocenters. The summed E-state index contributed by atoms with van der Waals surface area (Å²) >= 11 is 1.33. The van der Waals surface area contributed by atoms with E-state index >= 15 is 0 Å². The topological polar surface area (TPSA) is 72.5 Å². The zero-order valence-corrected chi connectivity index (χ0v) is 15.4. The third-order valence-electron chi connectivity index (χ3n) is 4.23. The quantitative estimate of drug-likeness (QED) is 0.618. The minimum Gasteiger partial charge on any atom is -0.454 e. The zero-order valence-electron chi connectivity index (χ0n) is 14.6. The largest absolute Gasteiger partial charge is 0.454 e. The Bertz CT molecular complexity index is 923. The summed E-state index contributed by atoms with van der Waals surface area (Å²) in [5.74, 6) is -3.57. The Morgan fingerprint density at radius 1 is 1.19 bits per heavy atom. The molecule has 1 aliphatic carbocycles. The van der Waals surface area contributed by atoms with Crippen molar-refractivity contribution in [2.75, 3.05) is 11.9 Å². The molecule has 5 nitrogen and oxygen atoms in total. The predicted octanol–water partition coefficient (Wildman–Crippen LogP) is 3.90. The Kier molecular flexibility index (Phi) is 5.65. The fourth-order valence-electron chi connectivity index (χ4n) is 3.02. The van der Waals surface area contributed by atoms with Crippen molar-refractivity contribution >= 4 is 34.0 Å². The maximum Gasteiger partial charge on any atom is 0.341 e. The minimum atomic E-state index is -0.885. The van der Waals surface area contributed by atoms with Gasteiger partial charge in [0.25, 0.3) is 0 Å². The van der Waals surface area contributed by atoms with E-state index in [-0.39, 0.29) is 11.5 Å². The number of benzene rings is 1. The molecule has 1 amide bonds. The summed E-state index contributed by atoms with van der Waals surface area (Å²) in [7, 11) is 0. The fourth-order valence-corrected chi connectivity index (χ4v) is 4.35. The van der Waals surface area contributed by atoms with E-state index in [2.05, 4.69) is 5.32 Å². The van der Waals surface area contributed by atoms with E-state index in [1.165, 1.54) is 18.3 Å². The first kappa shape index (κ1) is 19.2. The smallest absolute Gasteiger partial charge is 0.341 e. The van der Waals surface area contributed by atoms with Crippen molar-refractivity contribution in [2.24, 2.45) is 0 Å². The molecule has 0 fully saturated rings. The Balaban J connectivity index is 1.79. The van der Waals surface area contributed by atoms with Crippen molar-refractivity contribution < 1.29 is 27.9 Å². The number of aryl methyl sites for hydroxylation is 1. The van der Waals surface area contributed by atoms with Gasteiger partial charge in [-0.2, -0.15) is 0 Å². The van der Waals surface area contributed by atoms with Crippen LogP contribution in [-0.2, 0) is 22.4 Å². The molecule has 8 heteroatoms. The molecule has 1 aliphatic rings. The van der Waals surface area contributed by atoms with Crippen LogP contribution in [0.2, 0.25) is 0 Å². The molecule has 0 bridgehead atoms. The SMILES string of the molecule is CC(=O)Nc1sc2c(c1C(=O)OCC(=O)c1cc(F)ccc1F)CCCC2. The summed E-state index contributed by atoms with van der Waals surface area (Å²) in [6, 6.07) is 2.50. The molecule has 0 saturated heterocycles. The van der Waals surface area contributed by atoms with Crippen LogP contribution in [0.15, 0.2) is 18.2 Å². The van der Waals surface area contributed by atoms with E-state index in [1.807, 2.05) is 0 Å². The number of Topliss-reactive ketones (excluding diaryl/α,β-unsaturated/α-hetero) is 1. The lowest BCUT2D eigenvalue weighted by Crippen LogP contribution is -2.18. The van der Waals surface area contributed by atoms with Gasteiger partial charge in [0.1, 0.15) is 16.6 Å². The molecule has 1 heterocycles. The number of esters is 1. The number of hydrogen-bond donors (Lipinski definition) is 1. The van der Waals surface area contributed by atoms with Gasteiger partial charge in [-0.25, -0.2) is 13.6 Å². The number of amides is 1. The fraction of sp³-hybridized carbons (Fsp3) is 0.316. The molecule has 3 rings (SSSR count). The Labute approximate surface area is 158 Å². The van der Waals surface area contributed by atoms with Crippen LogP contribution >= 0.6 is 11.3 Å². The van der Waals surface area contributed by atoms with Gasteiger partial charge >= 0.3 is 5.97 Å². The van der Waals surface area contributed by atoms with Gasteiger partial charge in [0.05, 0.1) is 11.1 Å². The van der Waals surface area contributed by atoms with Gasteiger partial charge in [0.2, 0.25) is 11.7 Å². The van der Waals surface area contributed by atoms with Crippen LogP contribution in [0.5, 0.6) is 0 Å². The molecule has 0 saturated carbocycles. The highest BCUT2D eigenvalue weighted by atomic mass is 32.1. The van der Waals surface area contributed by atoms with Gasteiger partial charge in [-0.15, -0.1) is 11.3 Å². The van der Waals surface area contributed by atoms with Crippen LogP contribution in [0.1, 0.15) is 50.9 Å². The molecule has 0 aliphatic heterocycles. The van der Waals surface area contributed by atoms with Gasteiger partial charge in [0.15, 0.2) is 6.61 Å². The van der Waals surface area contributed by atoms with E-state index in [0.29, 0.717) is 11.4 Å². The normalized spacial score (nSPS) is 13.0. The van der Waals surface area contributed by atoms with E-state index in [0.717, 1.165) is 47.9 Å². The lowest BCUT2D eigenvalue weighted by molar-refractivity contribution is -0.114. The monoisotopic (exact) mass is 393 g/mol. The molecule has 1 N–H and O–H groups in total. The van der Waals surface area contributed by atoms with Crippen LogP contribution in [0.25, 0.3) is 0 Å². The highest BCUT2D eigenvalue weighted by Gasteiger charge is 2.27. The van der Waals surface area contributed by atoms with Crippen molar-refractivity contribution in [1.82, 2.24) is 0 Å². The van der Waals surface area contributed by atoms with Gasteiger partial charge in [-0.3, -0.25) is 9.59 Å². The number of rotatable bonds is 5. The molecule has 1 aromatic carbocycles. The Morgan fingerprint density at radius 2 is 1.93 bits per heavy atom. The van der Waals surface area contributed by atoms with E-state index < -0.39 is 35.6 Å². The summed E-state index contributed by atoms with van der Waals surface area (Å²) in [6.07, 6.45) is 3.41. The first-order valence-electron chi connectivity index (χ1n) is 8.44. The third kappa shape index (κ3) is 4.21. The summed E-state index contributed by atoms with van der Waals surface area (Å²) in [4.78, 5) is 37.1. The van der Waals surface area contributed by atoms with E-state index in [4.69, 9.17) is 4.74 Å². The number of ketones is 1. The number of nitrogens with one attached hydrogen (secondary N) is 1. The predicted molar refractivity (Wildman–Crippen MR) is 96.2 cm³/mol. The van der Waals surface area contributed by atoms with Crippen LogP contribution in [0.4, 0.5) is 13.8 Å². The lowest BCUT2D eigenvalue weighted by Gasteiger charge is -2.12. The lowest BCUT2D eigenvalue weighted by atomic mass is 9.95.